The van der Waals surface area contributed by atoms with Crippen LogP contribution in [-0.4, -0.2) is 15.0 Å². The molecule has 0 spiro atoms. The monoisotopic (exact) mass is 270 g/mol. The molecule has 4 rings (SSSR count). The molecule has 4 aromatic rings. The number of fused-ring (bicyclic) bond motifs is 2. The molecule has 2 aromatic carbocycles. The molecule has 0 atom stereocenters. The van der Waals surface area contributed by atoms with Crippen LogP contribution < -0.4 is 0 Å². The number of aromatic amines is 1. The second kappa shape index (κ2) is 4.43. The minimum Gasteiger partial charge on any atom is -0.346 e. The minimum atomic E-state index is 0.675. The van der Waals surface area contributed by atoms with Crippen LogP contribution in [-0.2, 0) is 0 Å². The second-order valence-corrected chi connectivity index (χ2v) is 4.78. The molecule has 0 unspecified atom stereocenters. The van der Waals surface area contributed by atoms with Gasteiger partial charge in [0.1, 0.15) is 12.0 Å². The molecule has 98 valence electrons. The van der Waals surface area contributed by atoms with E-state index in [2.05, 4.69) is 21.0 Å². The average Bonchev–Trinajstić information content (AvgIpc) is 3.02. The van der Waals surface area contributed by atoms with Crippen LogP contribution in [0.5, 0.6) is 0 Å². The lowest BCUT2D eigenvalue weighted by Gasteiger charge is -2.08. The first-order valence-corrected chi connectivity index (χ1v) is 6.59. The van der Waals surface area contributed by atoms with Gasteiger partial charge in [-0.15, -0.1) is 0 Å². The van der Waals surface area contributed by atoms with Crippen LogP contribution in [0.2, 0.25) is 0 Å². The van der Waals surface area contributed by atoms with E-state index in [1.54, 1.807) is 6.33 Å². The van der Waals surface area contributed by atoms with Crippen LogP contribution in [0.15, 0.2) is 55.0 Å². The zero-order valence-corrected chi connectivity index (χ0v) is 11.0. The number of nitriles is 1. The highest BCUT2D eigenvalue weighted by molar-refractivity contribution is 6.03. The van der Waals surface area contributed by atoms with Gasteiger partial charge in [0.2, 0.25) is 0 Å². The van der Waals surface area contributed by atoms with Gasteiger partial charge in [0.05, 0.1) is 17.3 Å². The Morgan fingerprint density at radius 2 is 1.76 bits per heavy atom. The van der Waals surface area contributed by atoms with Crippen molar-refractivity contribution in [3.05, 3.63) is 60.6 Å². The van der Waals surface area contributed by atoms with E-state index in [1.165, 1.54) is 0 Å². The van der Waals surface area contributed by atoms with Gasteiger partial charge in [-0.1, -0.05) is 30.3 Å². The second-order valence-electron chi connectivity index (χ2n) is 4.78. The molecule has 0 bridgehead atoms. The summed E-state index contributed by atoms with van der Waals surface area (Å²) in [5.41, 5.74) is 3.38. The maximum Gasteiger partial charge on any atom is 0.141 e. The van der Waals surface area contributed by atoms with Gasteiger partial charge in [-0.2, -0.15) is 5.26 Å². The molecule has 21 heavy (non-hydrogen) atoms. The van der Waals surface area contributed by atoms with Gasteiger partial charge < -0.3 is 4.98 Å². The normalized spacial score (nSPS) is 10.8. The molecule has 2 aromatic heterocycles. The molecule has 1 N–H and O–H groups in total. The predicted molar refractivity (Wildman–Crippen MR) is 81.5 cm³/mol. The van der Waals surface area contributed by atoms with Crippen molar-refractivity contribution in [2.75, 3.05) is 0 Å². The number of nitrogens with one attached hydrogen (secondary N) is 1. The summed E-state index contributed by atoms with van der Waals surface area (Å²) < 4.78 is 0. The average molecular weight is 270 g/mol. The summed E-state index contributed by atoms with van der Waals surface area (Å²) in [5, 5.41) is 12.2. The lowest BCUT2D eigenvalue weighted by molar-refractivity contribution is 1.20. The number of nitrogens with zero attached hydrogens (tertiary/aromatic N) is 3. The van der Waals surface area contributed by atoms with Crippen LogP contribution in [0.1, 0.15) is 5.56 Å². The maximum absolute atomic E-state index is 9.26. The highest BCUT2D eigenvalue weighted by atomic mass is 14.9. The van der Waals surface area contributed by atoms with Gasteiger partial charge in [0.25, 0.3) is 0 Å². The van der Waals surface area contributed by atoms with E-state index in [0.717, 1.165) is 33.1 Å². The minimum absolute atomic E-state index is 0.675. The largest absolute Gasteiger partial charge is 0.346 e. The number of rotatable bonds is 1. The van der Waals surface area contributed by atoms with Crippen molar-refractivity contribution in [2.24, 2.45) is 0 Å². The van der Waals surface area contributed by atoms with E-state index in [0.29, 0.717) is 5.56 Å². The number of benzene rings is 2. The van der Waals surface area contributed by atoms with Gasteiger partial charge >= 0.3 is 0 Å². The molecule has 0 radical (unpaired) electrons. The topological polar surface area (TPSA) is 65.4 Å². The third-order valence-electron chi connectivity index (χ3n) is 3.65. The Kier molecular flexibility index (Phi) is 2.45. The Hall–Kier alpha value is -3.19. The van der Waals surface area contributed by atoms with Crippen LogP contribution in [0, 0.1) is 11.3 Å². The third kappa shape index (κ3) is 1.68. The van der Waals surface area contributed by atoms with E-state index in [4.69, 9.17) is 0 Å². The molecule has 0 fully saturated rings. The van der Waals surface area contributed by atoms with E-state index in [9.17, 15) is 5.26 Å². The van der Waals surface area contributed by atoms with Crippen LogP contribution in [0.25, 0.3) is 33.1 Å². The molecule has 4 heteroatoms. The molecule has 0 saturated carbocycles. The van der Waals surface area contributed by atoms with Crippen molar-refractivity contribution >= 4 is 21.8 Å². The number of hydrogen-bond donors (Lipinski definition) is 1. The molecular weight excluding hydrogens is 260 g/mol. The first-order chi connectivity index (χ1) is 10.4. The van der Waals surface area contributed by atoms with Gasteiger partial charge in [-0.25, -0.2) is 9.97 Å². The molecular formula is C17H10N4. The van der Waals surface area contributed by atoms with Gasteiger partial charge in [-0.05, 0) is 17.5 Å². The summed E-state index contributed by atoms with van der Waals surface area (Å²) >= 11 is 0. The molecule has 4 nitrogen and oxygen atoms in total. The number of H-pyrrole nitrogens is 1. The van der Waals surface area contributed by atoms with Crippen molar-refractivity contribution < 1.29 is 0 Å². The summed E-state index contributed by atoms with van der Waals surface area (Å²) in [5.74, 6) is 0. The Morgan fingerprint density at radius 3 is 2.67 bits per heavy atom. The van der Waals surface area contributed by atoms with Crippen LogP contribution in [0.4, 0.5) is 0 Å². The van der Waals surface area contributed by atoms with Crippen molar-refractivity contribution in [1.29, 1.82) is 5.26 Å². The van der Waals surface area contributed by atoms with Gasteiger partial charge in [0.15, 0.2) is 0 Å². The van der Waals surface area contributed by atoms with Gasteiger partial charge in [0, 0.05) is 22.5 Å². The lowest BCUT2D eigenvalue weighted by atomic mass is 9.98. The lowest BCUT2D eigenvalue weighted by Crippen LogP contribution is -1.89. The van der Waals surface area contributed by atoms with E-state index in [-0.39, 0.29) is 0 Å². The summed E-state index contributed by atoms with van der Waals surface area (Å²) in [6.07, 6.45) is 3.41. The third-order valence-corrected chi connectivity index (χ3v) is 3.65. The standard InChI is InChI=1S/C17H10N4/c18-9-11-3-1-5-13-12(11)4-2-6-14(13)16-15-7-8-19-17(15)21-10-20-16/h1-8,10H,(H,19,20,21). The molecule has 2 heterocycles. The van der Waals surface area contributed by atoms with Crippen LogP contribution >= 0.6 is 0 Å². The number of aromatic nitrogens is 3. The van der Waals surface area contributed by atoms with E-state index >= 15 is 0 Å². The Balaban J connectivity index is 2.12. The Labute approximate surface area is 120 Å². The zero-order chi connectivity index (χ0) is 14.2. The van der Waals surface area contributed by atoms with Crippen LogP contribution in [0.3, 0.4) is 0 Å². The van der Waals surface area contributed by atoms with E-state index < -0.39 is 0 Å². The predicted octanol–water partition coefficient (Wildman–Crippen LogP) is 3.65. The molecule has 0 saturated heterocycles. The highest BCUT2D eigenvalue weighted by Crippen LogP contribution is 2.32. The fourth-order valence-corrected chi connectivity index (χ4v) is 2.70. The summed E-state index contributed by atoms with van der Waals surface area (Å²) in [6.45, 7) is 0. The smallest absolute Gasteiger partial charge is 0.141 e. The zero-order valence-electron chi connectivity index (χ0n) is 11.0. The highest BCUT2D eigenvalue weighted by Gasteiger charge is 2.11. The fraction of sp³-hybridized carbons (Fsp3) is 0. The summed E-state index contributed by atoms with van der Waals surface area (Å²) in [4.78, 5) is 11.8. The first kappa shape index (κ1) is 11.6. The quantitative estimate of drug-likeness (QED) is 0.574. The SMILES string of the molecule is N#Cc1cccc2c(-c3ncnc4[nH]ccc34)cccc12. The molecule has 0 amide bonds. The fourth-order valence-electron chi connectivity index (χ4n) is 2.70. The maximum atomic E-state index is 9.26. The van der Waals surface area contributed by atoms with Gasteiger partial charge in [-0.3, -0.25) is 0 Å². The Morgan fingerprint density at radius 1 is 0.905 bits per heavy atom. The molecule has 0 aliphatic carbocycles. The van der Waals surface area contributed by atoms with Crippen molar-refractivity contribution in [2.45, 2.75) is 0 Å². The summed E-state index contributed by atoms with van der Waals surface area (Å²) in [6, 6.07) is 15.9. The summed E-state index contributed by atoms with van der Waals surface area (Å²) in [7, 11) is 0. The number of hydrogen-bond acceptors (Lipinski definition) is 3. The van der Waals surface area contributed by atoms with Crippen molar-refractivity contribution in [1.82, 2.24) is 15.0 Å². The molecule has 0 aliphatic rings. The van der Waals surface area contributed by atoms with E-state index in [1.807, 2.05) is 48.7 Å². The van der Waals surface area contributed by atoms with Crippen molar-refractivity contribution in [3.8, 4) is 17.3 Å². The Bertz CT molecular complexity index is 1010. The first-order valence-electron chi connectivity index (χ1n) is 6.59. The molecule has 0 aliphatic heterocycles. The van der Waals surface area contributed by atoms with Crippen molar-refractivity contribution in [3.63, 3.8) is 0 Å².